The van der Waals surface area contributed by atoms with E-state index in [0.717, 1.165) is 18.9 Å². The van der Waals surface area contributed by atoms with Gasteiger partial charge in [-0.05, 0) is 40.3 Å². The van der Waals surface area contributed by atoms with Crippen molar-refractivity contribution < 1.29 is 4.79 Å². The van der Waals surface area contributed by atoms with E-state index in [1.165, 1.54) is 0 Å². The molecule has 1 rings (SSSR count). The number of nitrogens with zero attached hydrogens (tertiary/aromatic N) is 5. The van der Waals surface area contributed by atoms with Crippen molar-refractivity contribution in [1.29, 1.82) is 0 Å². The molecule has 0 atom stereocenters. The summed E-state index contributed by atoms with van der Waals surface area (Å²) in [6, 6.07) is 3.67. The number of pyridine rings is 1. The zero-order valence-corrected chi connectivity index (χ0v) is 15.2. The molecule has 0 unspecified atom stereocenters. The summed E-state index contributed by atoms with van der Waals surface area (Å²) in [4.78, 5) is 24.7. The summed E-state index contributed by atoms with van der Waals surface area (Å²) in [5.74, 6) is 0.861. The van der Waals surface area contributed by atoms with Crippen molar-refractivity contribution in [1.82, 2.24) is 19.7 Å². The van der Waals surface area contributed by atoms with Crippen molar-refractivity contribution in [2.75, 3.05) is 78.7 Å². The average molecular weight is 322 g/mol. The van der Waals surface area contributed by atoms with Crippen LogP contribution < -0.4 is 10.2 Å². The number of nitrogens with one attached hydrogen (secondary N) is 1. The fourth-order valence-electron chi connectivity index (χ4n) is 1.88. The third-order valence-electron chi connectivity index (χ3n) is 3.38. The molecule has 23 heavy (non-hydrogen) atoms. The van der Waals surface area contributed by atoms with E-state index >= 15 is 0 Å². The normalized spacial score (nSPS) is 11.0. The first-order chi connectivity index (χ1) is 10.8. The molecular formula is C16H30N6O. The van der Waals surface area contributed by atoms with E-state index in [9.17, 15) is 4.79 Å². The van der Waals surface area contributed by atoms with Gasteiger partial charge in [0, 0.05) is 40.3 Å². The van der Waals surface area contributed by atoms with Crippen molar-refractivity contribution in [3.8, 4) is 0 Å². The molecular weight excluding hydrogens is 292 g/mol. The van der Waals surface area contributed by atoms with E-state index in [-0.39, 0.29) is 6.03 Å². The van der Waals surface area contributed by atoms with Gasteiger partial charge in [-0.2, -0.15) is 0 Å². The molecule has 0 aliphatic rings. The van der Waals surface area contributed by atoms with Gasteiger partial charge in [-0.15, -0.1) is 0 Å². The second-order valence-corrected chi connectivity index (χ2v) is 6.32. The minimum atomic E-state index is -0.0897. The maximum atomic E-state index is 12.5. The number of anilines is 2. The lowest BCUT2D eigenvalue weighted by Gasteiger charge is -2.26. The fraction of sp³-hybridized carbons (Fsp3) is 0.625. The zero-order chi connectivity index (χ0) is 17.4. The highest BCUT2D eigenvalue weighted by atomic mass is 16.2. The molecule has 0 saturated heterocycles. The molecule has 1 N–H and O–H groups in total. The number of carbonyl (C=O) groups is 1. The predicted molar refractivity (Wildman–Crippen MR) is 96.3 cm³/mol. The smallest absolute Gasteiger partial charge is 0.321 e. The van der Waals surface area contributed by atoms with Gasteiger partial charge < -0.3 is 24.9 Å². The number of hydrogen-bond acceptors (Lipinski definition) is 5. The lowest BCUT2D eigenvalue weighted by atomic mass is 10.4. The Balaban J connectivity index is 2.66. The molecule has 2 amide bonds. The van der Waals surface area contributed by atoms with Crippen molar-refractivity contribution in [3.05, 3.63) is 18.3 Å². The standard InChI is InChI=1S/C16H30N6O/c1-19(2)9-11-22(12-10-20(3)4)16(23)18-14-7-8-15(17-13-14)21(5)6/h7-8,13H,9-12H2,1-6H3,(H,18,23). The number of likely N-dealkylation sites (N-methyl/N-ethyl adjacent to an activating group) is 2. The zero-order valence-electron chi connectivity index (χ0n) is 15.2. The van der Waals surface area contributed by atoms with Gasteiger partial charge in [-0.25, -0.2) is 9.78 Å². The molecule has 1 aromatic rings. The second kappa shape index (κ2) is 9.32. The second-order valence-electron chi connectivity index (χ2n) is 6.32. The van der Waals surface area contributed by atoms with Crippen LogP contribution in [0.4, 0.5) is 16.3 Å². The van der Waals surface area contributed by atoms with Crippen LogP contribution >= 0.6 is 0 Å². The lowest BCUT2D eigenvalue weighted by Crippen LogP contribution is -2.42. The molecule has 7 heteroatoms. The third kappa shape index (κ3) is 7.30. The van der Waals surface area contributed by atoms with E-state index in [2.05, 4.69) is 20.1 Å². The van der Waals surface area contributed by atoms with Gasteiger partial charge in [0.2, 0.25) is 0 Å². The van der Waals surface area contributed by atoms with Crippen LogP contribution in [-0.2, 0) is 0 Å². The van der Waals surface area contributed by atoms with Crippen molar-refractivity contribution in [2.45, 2.75) is 0 Å². The molecule has 0 spiro atoms. The molecule has 130 valence electrons. The molecule has 0 aromatic carbocycles. The van der Waals surface area contributed by atoms with Crippen LogP contribution in [-0.4, -0.2) is 94.2 Å². The number of hydrogen-bond donors (Lipinski definition) is 1. The third-order valence-corrected chi connectivity index (χ3v) is 3.38. The molecule has 1 heterocycles. The highest BCUT2D eigenvalue weighted by Crippen LogP contribution is 2.12. The van der Waals surface area contributed by atoms with Crippen LogP contribution in [0.25, 0.3) is 0 Å². The van der Waals surface area contributed by atoms with Crippen molar-refractivity contribution in [2.24, 2.45) is 0 Å². The number of urea groups is 1. The van der Waals surface area contributed by atoms with Gasteiger partial charge in [-0.3, -0.25) is 0 Å². The highest BCUT2D eigenvalue weighted by molar-refractivity contribution is 5.89. The average Bonchev–Trinajstić information content (AvgIpc) is 2.47. The van der Waals surface area contributed by atoms with E-state index in [0.29, 0.717) is 18.8 Å². The Morgan fingerprint density at radius 2 is 1.52 bits per heavy atom. The van der Waals surface area contributed by atoms with Crippen molar-refractivity contribution >= 4 is 17.5 Å². The maximum Gasteiger partial charge on any atom is 0.321 e. The molecule has 1 aromatic heterocycles. The van der Waals surface area contributed by atoms with Crippen LogP contribution in [0, 0.1) is 0 Å². The van der Waals surface area contributed by atoms with Crippen LogP contribution in [0.5, 0.6) is 0 Å². The van der Waals surface area contributed by atoms with Gasteiger partial charge in [0.15, 0.2) is 0 Å². The minimum absolute atomic E-state index is 0.0897. The molecule has 0 radical (unpaired) electrons. The quantitative estimate of drug-likeness (QED) is 0.777. The van der Waals surface area contributed by atoms with Crippen LogP contribution in [0.15, 0.2) is 18.3 Å². The number of rotatable bonds is 8. The van der Waals surface area contributed by atoms with Crippen LogP contribution in [0.2, 0.25) is 0 Å². The van der Waals surface area contributed by atoms with Gasteiger partial charge in [-0.1, -0.05) is 0 Å². The molecule has 0 aliphatic carbocycles. The number of aromatic nitrogens is 1. The van der Waals surface area contributed by atoms with Gasteiger partial charge in [0.05, 0.1) is 11.9 Å². The maximum absolute atomic E-state index is 12.5. The monoisotopic (exact) mass is 322 g/mol. The minimum Gasteiger partial charge on any atom is -0.363 e. The number of amides is 2. The molecule has 0 bridgehead atoms. The van der Waals surface area contributed by atoms with Gasteiger partial charge in [0.25, 0.3) is 0 Å². The summed E-state index contributed by atoms with van der Waals surface area (Å²) in [5, 5.41) is 2.92. The Morgan fingerprint density at radius 3 is 1.91 bits per heavy atom. The summed E-state index contributed by atoms with van der Waals surface area (Å²) in [5.41, 5.74) is 0.709. The summed E-state index contributed by atoms with van der Waals surface area (Å²) in [7, 11) is 11.9. The summed E-state index contributed by atoms with van der Waals surface area (Å²) in [6.45, 7) is 3.04. The molecule has 0 saturated carbocycles. The van der Waals surface area contributed by atoms with Crippen LogP contribution in [0.3, 0.4) is 0 Å². The first kappa shape index (κ1) is 19.2. The highest BCUT2D eigenvalue weighted by Gasteiger charge is 2.14. The lowest BCUT2D eigenvalue weighted by molar-refractivity contribution is 0.198. The summed E-state index contributed by atoms with van der Waals surface area (Å²) in [6.07, 6.45) is 1.68. The van der Waals surface area contributed by atoms with E-state index < -0.39 is 0 Å². The Labute approximate surface area is 139 Å². The van der Waals surface area contributed by atoms with E-state index in [4.69, 9.17) is 0 Å². The Morgan fingerprint density at radius 1 is 0.957 bits per heavy atom. The first-order valence-electron chi connectivity index (χ1n) is 7.78. The van der Waals surface area contributed by atoms with E-state index in [1.807, 2.05) is 64.2 Å². The molecule has 0 fully saturated rings. The Kier molecular flexibility index (Phi) is 7.77. The predicted octanol–water partition coefficient (Wildman–Crippen LogP) is 1.10. The SMILES string of the molecule is CN(C)CCN(CCN(C)C)C(=O)Nc1ccc(N(C)C)nc1. The molecule has 0 aliphatic heterocycles. The summed E-state index contributed by atoms with van der Waals surface area (Å²) < 4.78 is 0. The van der Waals surface area contributed by atoms with Crippen LogP contribution in [0.1, 0.15) is 0 Å². The largest absolute Gasteiger partial charge is 0.363 e. The van der Waals surface area contributed by atoms with E-state index in [1.54, 1.807) is 6.20 Å². The Hall–Kier alpha value is -1.86. The number of carbonyl (C=O) groups excluding carboxylic acids is 1. The van der Waals surface area contributed by atoms with Crippen molar-refractivity contribution in [3.63, 3.8) is 0 Å². The molecule has 7 nitrogen and oxygen atoms in total. The topological polar surface area (TPSA) is 55.0 Å². The van der Waals surface area contributed by atoms with Gasteiger partial charge >= 0.3 is 6.03 Å². The fourth-order valence-corrected chi connectivity index (χ4v) is 1.88. The summed E-state index contributed by atoms with van der Waals surface area (Å²) >= 11 is 0. The van der Waals surface area contributed by atoms with Gasteiger partial charge in [0.1, 0.15) is 5.82 Å². The first-order valence-corrected chi connectivity index (χ1v) is 7.78. The Bertz CT molecular complexity index is 460.